The molecule has 0 unspecified atom stereocenters. The molecule has 1 aromatic carbocycles. The number of benzene rings is 1. The molecule has 2 aliphatic rings. The van der Waals surface area contributed by atoms with Crippen LogP contribution in [0.2, 0.25) is 5.02 Å². The van der Waals surface area contributed by atoms with E-state index in [0.717, 1.165) is 41.5 Å². The number of ether oxygens (including phenoxy) is 1. The van der Waals surface area contributed by atoms with Crippen LogP contribution in [0.15, 0.2) is 24.5 Å². The molecule has 7 heteroatoms. The smallest absolute Gasteiger partial charge is 0.414 e. The summed E-state index contributed by atoms with van der Waals surface area (Å²) in [6.45, 7) is 2.05. The lowest BCUT2D eigenvalue weighted by Gasteiger charge is -2.29. The van der Waals surface area contributed by atoms with Gasteiger partial charge in [0.2, 0.25) is 5.91 Å². The summed E-state index contributed by atoms with van der Waals surface area (Å²) < 4.78 is 5.21. The Bertz CT molecular complexity index is 960. The van der Waals surface area contributed by atoms with Crippen LogP contribution >= 0.6 is 11.6 Å². The van der Waals surface area contributed by atoms with Crippen LogP contribution in [0.25, 0.3) is 11.1 Å². The van der Waals surface area contributed by atoms with Crippen LogP contribution < -0.4 is 10.2 Å². The molecule has 1 aromatic heterocycles. The first-order valence-corrected chi connectivity index (χ1v) is 9.86. The van der Waals surface area contributed by atoms with E-state index in [9.17, 15) is 9.59 Å². The normalized spacial score (nSPS) is 18.2. The molecule has 1 N–H and O–H groups in total. The average Bonchev–Trinajstić information content (AvgIpc) is 2.70. The third-order valence-corrected chi connectivity index (χ3v) is 5.74. The number of carbonyl (C=O) groups excluding carboxylic acids is 2. The number of carbonyl (C=O) groups is 2. The Morgan fingerprint density at radius 2 is 2.21 bits per heavy atom. The van der Waals surface area contributed by atoms with Crippen molar-refractivity contribution >= 4 is 29.3 Å². The van der Waals surface area contributed by atoms with Gasteiger partial charge in [0.05, 0.1) is 16.8 Å². The molecule has 1 aliphatic carbocycles. The molecule has 0 saturated heterocycles. The van der Waals surface area contributed by atoms with Crippen molar-refractivity contribution in [2.75, 3.05) is 11.9 Å². The van der Waals surface area contributed by atoms with Crippen LogP contribution in [-0.4, -0.2) is 24.0 Å². The monoisotopic (exact) mass is 399 g/mol. The van der Waals surface area contributed by atoms with E-state index in [1.54, 1.807) is 7.05 Å². The van der Waals surface area contributed by atoms with Gasteiger partial charge in [0.1, 0.15) is 6.61 Å². The highest BCUT2D eigenvalue weighted by Gasteiger charge is 2.28. The Kier molecular flexibility index (Phi) is 4.98. The fourth-order valence-corrected chi connectivity index (χ4v) is 4.41. The first kappa shape index (κ1) is 18.7. The average molecular weight is 400 g/mol. The lowest BCUT2D eigenvalue weighted by Crippen LogP contribution is -2.32. The molecule has 2 amide bonds. The molecule has 0 bridgehead atoms. The molecular formula is C21H22ClN3O3. The van der Waals surface area contributed by atoms with Crippen molar-refractivity contribution in [2.24, 2.45) is 0 Å². The van der Waals surface area contributed by atoms with Gasteiger partial charge in [-0.3, -0.25) is 14.7 Å². The number of amides is 2. The predicted molar refractivity (Wildman–Crippen MR) is 107 cm³/mol. The summed E-state index contributed by atoms with van der Waals surface area (Å²) >= 11 is 6.53. The van der Waals surface area contributed by atoms with Crippen molar-refractivity contribution in [3.63, 3.8) is 0 Å². The lowest BCUT2D eigenvalue weighted by molar-refractivity contribution is -0.121. The first-order chi connectivity index (χ1) is 13.5. The second-order valence-corrected chi connectivity index (χ2v) is 7.61. The number of cyclic esters (lactones) is 1. The van der Waals surface area contributed by atoms with Gasteiger partial charge in [0, 0.05) is 37.0 Å². The second kappa shape index (κ2) is 7.43. The molecular weight excluding hydrogens is 378 g/mol. The molecule has 28 heavy (non-hydrogen) atoms. The summed E-state index contributed by atoms with van der Waals surface area (Å²) in [5.41, 5.74) is 5.78. The van der Waals surface area contributed by atoms with Gasteiger partial charge in [-0.1, -0.05) is 18.5 Å². The highest BCUT2D eigenvalue weighted by Crippen LogP contribution is 2.41. The maximum atomic E-state index is 11.9. The van der Waals surface area contributed by atoms with E-state index in [4.69, 9.17) is 16.3 Å². The zero-order valence-electron chi connectivity index (χ0n) is 15.9. The fourth-order valence-electron chi connectivity index (χ4n) is 4.04. The van der Waals surface area contributed by atoms with Crippen molar-refractivity contribution in [2.45, 2.75) is 45.3 Å². The van der Waals surface area contributed by atoms with Crippen LogP contribution in [0.1, 0.15) is 48.9 Å². The largest absolute Gasteiger partial charge is 0.444 e. The molecule has 0 spiro atoms. The van der Waals surface area contributed by atoms with Gasteiger partial charge in [-0.2, -0.15) is 0 Å². The van der Waals surface area contributed by atoms with Gasteiger partial charge < -0.3 is 10.1 Å². The van der Waals surface area contributed by atoms with Gasteiger partial charge in [-0.25, -0.2) is 4.79 Å². The molecule has 0 fully saturated rings. The van der Waals surface area contributed by atoms with Crippen LogP contribution in [0.4, 0.5) is 10.5 Å². The molecule has 0 radical (unpaired) electrons. The van der Waals surface area contributed by atoms with Crippen molar-refractivity contribution in [3.8, 4) is 11.1 Å². The Morgan fingerprint density at radius 3 is 3.00 bits per heavy atom. The molecule has 4 rings (SSSR count). The summed E-state index contributed by atoms with van der Waals surface area (Å²) in [6, 6.07) is 3.88. The summed E-state index contributed by atoms with van der Waals surface area (Å²) in [4.78, 5) is 29.6. The van der Waals surface area contributed by atoms with E-state index >= 15 is 0 Å². The van der Waals surface area contributed by atoms with E-state index in [1.807, 2.05) is 31.5 Å². The number of nitrogens with one attached hydrogen (secondary N) is 1. The topological polar surface area (TPSA) is 71.5 Å². The Morgan fingerprint density at radius 1 is 1.39 bits per heavy atom. The van der Waals surface area contributed by atoms with E-state index < -0.39 is 6.09 Å². The second-order valence-electron chi connectivity index (χ2n) is 7.20. The maximum Gasteiger partial charge on any atom is 0.414 e. The Labute approximate surface area is 168 Å². The summed E-state index contributed by atoms with van der Waals surface area (Å²) in [5.74, 6) is 0.0462. The zero-order valence-corrected chi connectivity index (χ0v) is 16.7. The first-order valence-electron chi connectivity index (χ1n) is 9.49. The molecule has 146 valence electrons. The third kappa shape index (κ3) is 3.22. The van der Waals surface area contributed by atoms with Gasteiger partial charge in [-0.15, -0.1) is 0 Å². The van der Waals surface area contributed by atoms with Crippen LogP contribution in [0.3, 0.4) is 0 Å². The van der Waals surface area contributed by atoms with Crippen molar-refractivity contribution in [1.29, 1.82) is 0 Å². The van der Waals surface area contributed by atoms with E-state index in [1.165, 1.54) is 10.5 Å². The molecule has 6 nitrogen and oxygen atoms in total. The van der Waals surface area contributed by atoms with Gasteiger partial charge >= 0.3 is 6.09 Å². The number of hydrogen-bond donors (Lipinski definition) is 1. The van der Waals surface area contributed by atoms with Crippen molar-refractivity contribution < 1.29 is 14.3 Å². The number of rotatable bonds is 3. The Balaban J connectivity index is 1.77. The van der Waals surface area contributed by atoms with Gasteiger partial charge in [0.25, 0.3) is 0 Å². The van der Waals surface area contributed by atoms with Crippen molar-refractivity contribution in [1.82, 2.24) is 10.3 Å². The van der Waals surface area contributed by atoms with E-state index in [2.05, 4.69) is 10.3 Å². The number of pyridine rings is 1. The summed E-state index contributed by atoms with van der Waals surface area (Å²) in [6.07, 6.45) is 6.59. The molecule has 0 saturated carbocycles. The standard InChI is InChI=1S/C21H22ClN3O3/c1-3-19(26)24-18-6-4-5-14-15(9-23-10-16(14)18)12-7-13-11-28-21(27)25(2)20(13)17(22)8-12/h7-10,18H,3-6,11H2,1-2H3,(H,24,26)/t18-/m1/s1. The lowest BCUT2D eigenvalue weighted by atomic mass is 9.84. The van der Waals surface area contributed by atoms with Gasteiger partial charge in [-0.05, 0) is 48.1 Å². The van der Waals surface area contributed by atoms with E-state index in [0.29, 0.717) is 17.1 Å². The number of nitrogens with zero attached hydrogens (tertiary/aromatic N) is 2. The van der Waals surface area contributed by atoms with Gasteiger partial charge in [0.15, 0.2) is 0 Å². The van der Waals surface area contributed by atoms with E-state index in [-0.39, 0.29) is 18.6 Å². The number of anilines is 1. The van der Waals surface area contributed by atoms with Crippen LogP contribution in [0, 0.1) is 0 Å². The summed E-state index contributed by atoms with van der Waals surface area (Å²) in [5, 5.41) is 3.62. The number of halogens is 1. The van der Waals surface area contributed by atoms with Crippen molar-refractivity contribution in [3.05, 3.63) is 46.2 Å². The zero-order chi connectivity index (χ0) is 19.8. The molecule has 1 atom stereocenters. The maximum absolute atomic E-state index is 11.9. The minimum Gasteiger partial charge on any atom is -0.444 e. The SMILES string of the molecule is CCC(=O)N[C@@H]1CCCc2c(-c3cc(Cl)c4c(c3)COC(=O)N4C)cncc21. The fraction of sp³-hybridized carbons (Fsp3) is 0.381. The third-order valence-electron chi connectivity index (χ3n) is 5.46. The predicted octanol–water partition coefficient (Wildman–Crippen LogP) is 4.39. The minimum absolute atomic E-state index is 0.0103. The Hall–Kier alpha value is -2.60. The quantitative estimate of drug-likeness (QED) is 0.830. The summed E-state index contributed by atoms with van der Waals surface area (Å²) in [7, 11) is 1.65. The number of hydrogen-bond acceptors (Lipinski definition) is 4. The highest BCUT2D eigenvalue weighted by molar-refractivity contribution is 6.34. The van der Waals surface area contributed by atoms with Crippen LogP contribution in [0.5, 0.6) is 0 Å². The number of fused-ring (bicyclic) bond motifs is 2. The highest BCUT2D eigenvalue weighted by atomic mass is 35.5. The molecule has 1 aliphatic heterocycles. The van der Waals surface area contributed by atoms with Crippen LogP contribution in [-0.2, 0) is 22.6 Å². The minimum atomic E-state index is -0.407. The number of aromatic nitrogens is 1. The molecule has 2 heterocycles. The molecule has 2 aromatic rings.